The number of likely N-dealkylation sites (tertiary alicyclic amines) is 1. The van der Waals surface area contributed by atoms with Crippen LogP contribution in [0.5, 0.6) is 0 Å². The van der Waals surface area contributed by atoms with Crippen LogP contribution in [-0.2, 0) is 9.53 Å². The molecule has 0 bridgehead atoms. The SMILES string of the molecule is CC(C)(C)OC(=O)N1CC(C(=O)Nc2cccc(F)c2)C1. The van der Waals surface area contributed by atoms with Gasteiger partial charge in [0.2, 0.25) is 5.91 Å². The van der Waals surface area contributed by atoms with Gasteiger partial charge >= 0.3 is 6.09 Å². The fourth-order valence-corrected chi connectivity index (χ4v) is 1.93. The maximum atomic E-state index is 13.0. The first-order valence-electron chi connectivity index (χ1n) is 6.79. The Morgan fingerprint density at radius 3 is 2.57 bits per heavy atom. The van der Waals surface area contributed by atoms with E-state index in [2.05, 4.69) is 5.32 Å². The summed E-state index contributed by atoms with van der Waals surface area (Å²) in [7, 11) is 0. The van der Waals surface area contributed by atoms with Crippen LogP contribution in [0.4, 0.5) is 14.9 Å². The summed E-state index contributed by atoms with van der Waals surface area (Å²) in [6.45, 7) is 6.00. The minimum absolute atomic E-state index is 0.222. The van der Waals surface area contributed by atoms with Crippen molar-refractivity contribution in [2.75, 3.05) is 18.4 Å². The summed E-state index contributed by atoms with van der Waals surface area (Å²) < 4.78 is 18.2. The summed E-state index contributed by atoms with van der Waals surface area (Å²) in [6, 6.07) is 5.70. The van der Waals surface area contributed by atoms with E-state index in [-0.39, 0.29) is 11.8 Å². The van der Waals surface area contributed by atoms with E-state index in [9.17, 15) is 14.0 Å². The average molecular weight is 294 g/mol. The number of anilines is 1. The third kappa shape index (κ3) is 4.18. The molecule has 0 spiro atoms. The first-order valence-corrected chi connectivity index (χ1v) is 6.79. The van der Waals surface area contributed by atoms with E-state index in [0.29, 0.717) is 18.8 Å². The molecule has 114 valence electrons. The third-order valence-corrected chi connectivity index (χ3v) is 3.00. The molecule has 2 rings (SSSR count). The second kappa shape index (κ2) is 5.71. The zero-order valence-electron chi connectivity index (χ0n) is 12.4. The standard InChI is InChI=1S/C15H19FN2O3/c1-15(2,3)21-14(20)18-8-10(9-18)13(19)17-12-6-4-5-11(16)7-12/h4-7,10H,8-9H2,1-3H3,(H,17,19). The van der Waals surface area contributed by atoms with E-state index < -0.39 is 17.5 Å². The summed E-state index contributed by atoms with van der Waals surface area (Å²) in [5, 5.41) is 2.63. The molecule has 1 aliphatic rings. The van der Waals surface area contributed by atoms with Gasteiger partial charge in [0, 0.05) is 18.8 Å². The van der Waals surface area contributed by atoms with Crippen LogP contribution in [0.3, 0.4) is 0 Å². The van der Waals surface area contributed by atoms with Crippen molar-refractivity contribution in [1.82, 2.24) is 4.90 Å². The molecule has 1 aromatic carbocycles. The van der Waals surface area contributed by atoms with E-state index in [4.69, 9.17) is 4.74 Å². The second-order valence-electron chi connectivity index (χ2n) is 6.08. The van der Waals surface area contributed by atoms with E-state index in [1.807, 2.05) is 0 Å². The summed E-state index contributed by atoms with van der Waals surface area (Å²) in [5.41, 5.74) is -0.137. The van der Waals surface area contributed by atoms with Gasteiger partial charge in [-0.05, 0) is 39.0 Å². The Balaban J connectivity index is 1.81. The largest absolute Gasteiger partial charge is 0.444 e. The normalized spacial score (nSPS) is 15.3. The van der Waals surface area contributed by atoms with E-state index in [1.165, 1.54) is 23.1 Å². The Hall–Kier alpha value is -2.11. The molecule has 5 nitrogen and oxygen atoms in total. The number of halogens is 1. The van der Waals surface area contributed by atoms with Crippen LogP contribution < -0.4 is 5.32 Å². The zero-order chi connectivity index (χ0) is 15.6. The van der Waals surface area contributed by atoms with E-state index >= 15 is 0 Å². The minimum Gasteiger partial charge on any atom is -0.444 e. The number of amides is 2. The smallest absolute Gasteiger partial charge is 0.410 e. The molecule has 1 aliphatic heterocycles. The van der Waals surface area contributed by atoms with Crippen LogP contribution >= 0.6 is 0 Å². The number of ether oxygens (including phenoxy) is 1. The number of rotatable bonds is 2. The molecular formula is C15H19FN2O3. The van der Waals surface area contributed by atoms with Crippen molar-refractivity contribution in [2.45, 2.75) is 26.4 Å². The monoisotopic (exact) mass is 294 g/mol. The highest BCUT2D eigenvalue weighted by Gasteiger charge is 2.37. The lowest BCUT2D eigenvalue weighted by Crippen LogP contribution is -2.55. The molecule has 21 heavy (non-hydrogen) atoms. The second-order valence-corrected chi connectivity index (χ2v) is 6.08. The number of nitrogens with zero attached hydrogens (tertiary/aromatic N) is 1. The molecule has 1 fully saturated rings. The van der Waals surface area contributed by atoms with E-state index in [0.717, 1.165) is 0 Å². The molecule has 0 unspecified atom stereocenters. The topological polar surface area (TPSA) is 58.6 Å². The fraction of sp³-hybridized carbons (Fsp3) is 0.467. The van der Waals surface area contributed by atoms with Gasteiger partial charge in [0.05, 0.1) is 5.92 Å². The highest BCUT2D eigenvalue weighted by molar-refractivity contribution is 5.94. The predicted octanol–water partition coefficient (Wildman–Crippen LogP) is 2.63. The molecule has 0 saturated carbocycles. The summed E-state index contributed by atoms with van der Waals surface area (Å²) in [5.74, 6) is -0.919. The molecule has 6 heteroatoms. The van der Waals surface area contributed by atoms with Crippen molar-refractivity contribution in [3.05, 3.63) is 30.1 Å². The van der Waals surface area contributed by atoms with Crippen LogP contribution in [0.1, 0.15) is 20.8 Å². The number of hydrogen-bond donors (Lipinski definition) is 1. The van der Waals surface area contributed by atoms with Crippen LogP contribution in [-0.4, -0.2) is 35.6 Å². The van der Waals surface area contributed by atoms with Gasteiger partial charge in [-0.3, -0.25) is 4.79 Å². The minimum atomic E-state index is -0.550. The van der Waals surface area contributed by atoms with Gasteiger partial charge in [0.1, 0.15) is 11.4 Å². The van der Waals surface area contributed by atoms with Crippen LogP contribution in [0.25, 0.3) is 0 Å². The van der Waals surface area contributed by atoms with Gasteiger partial charge in [-0.25, -0.2) is 9.18 Å². The summed E-state index contributed by atoms with van der Waals surface area (Å²) in [6.07, 6.45) is -0.419. The molecule has 1 aromatic rings. The fourth-order valence-electron chi connectivity index (χ4n) is 1.93. The molecule has 0 aromatic heterocycles. The predicted molar refractivity (Wildman–Crippen MR) is 76.3 cm³/mol. The lowest BCUT2D eigenvalue weighted by molar-refractivity contribution is -0.124. The lowest BCUT2D eigenvalue weighted by atomic mass is 10.00. The Labute approximate surface area is 123 Å². The number of carbonyl (C=O) groups excluding carboxylic acids is 2. The molecule has 1 heterocycles. The van der Waals surface area contributed by atoms with Gasteiger partial charge in [0.25, 0.3) is 0 Å². The number of benzene rings is 1. The Morgan fingerprint density at radius 2 is 2.00 bits per heavy atom. The van der Waals surface area contributed by atoms with Crippen LogP contribution in [0.15, 0.2) is 24.3 Å². The number of nitrogens with one attached hydrogen (secondary N) is 1. The Bertz CT molecular complexity index is 548. The van der Waals surface area contributed by atoms with Gasteiger partial charge in [-0.2, -0.15) is 0 Å². The van der Waals surface area contributed by atoms with Crippen molar-refractivity contribution in [3.8, 4) is 0 Å². The quantitative estimate of drug-likeness (QED) is 0.912. The highest BCUT2D eigenvalue weighted by Crippen LogP contribution is 2.21. The van der Waals surface area contributed by atoms with Gasteiger partial charge in [0.15, 0.2) is 0 Å². The van der Waals surface area contributed by atoms with Crippen molar-refractivity contribution in [2.24, 2.45) is 5.92 Å². The molecule has 0 atom stereocenters. The third-order valence-electron chi connectivity index (χ3n) is 3.00. The molecule has 0 aliphatic carbocycles. The van der Waals surface area contributed by atoms with E-state index in [1.54, 1.807) is 26.8 Å². The van der Waals surface area contributed by atoms with Gasteiger partial charge < -0.3 is 15.0 Å². The van der Waals surface area contributed by atoms with Gasteiger partial charge in [-0.15, -0.1) is 0 Å². The van der Waals surface area contributed by atoms with Crippen molar-refractivity contribution < 1.29 is 18.7 Å². The summed E-state index contributed by atoms with van der Waals surface area (Å²) in [4.78, 5) is 25.2. The lowest BCUT2D eigenvalue weighted by Gasteiger charge is -2.38. The first-order chi connectivity index (χ1) is 9.74. The Morgan fingerprint density at radius 1 is 1.33 bits per heavy atom. The van der Waals surface area contributed by atoms with Crippen LogP contribution in [0, 0.1) is 11.7 Å². The highest BCUT2D eigenvalue weighted by atomic mass is 19.1. The summed E-state index contributed by atoms with van der Waals surface area (Å²) >= 11 is 0. The molecular weight excluding hydrogens is 275 g/mol. The van der Waals surface area contributed by atoms with Crippen molar-refractivity contribution in [3.63, 3.8) is 0 Å². The number of carbonyl (C=O) groups is 2. The van der Waals surface area contributed by atoms with Gasteiger partial charge in [-0.1, -0.05) is 6.07 Å². The molecule has 1 saturated heterocycles. The zero-order valence-corrected chi connectivity index (χ0v) is 12.4. The van der Waals surface area contributed by atoms with Crippen molar-refractivity contribution in [1.29, 1.82) is 0 Å². The van der Waals surface area contributed by atoms with Crippen molar-refractivity contribution >= 4 is 17.7 Å². The maximum absolute atomic E-state index is 13.0. The average Bonchev–Trinajstić information content (AvgIpc) is 2.23. The maximum Gasteiger partial charge on any atom is 0.410 e. The molecule has 2 amide bonds. The molecule has 0 radical (unpaired) electrons. The van der Waals surface area contributed by atoms with Crippen LogP contribution in [0.2, 0.25) is 0 Å². The molecule has 1 N–H and O–H groups in total. The number of hydrogen-bond acceptors (Lipinski definition) is 3. The first kappa shape index (κ1) is 15.3. The Kier molecular flexibility index (Phi) is 4.16.